The third kappa shape index (κ3) is 8.60. The molecule has 0 aliphatic carbocycles. The topological polar surface area (TPSA) is 144 Å². The van der Waals surface area contributed by atoms with Gasteiger partial charge in [0.05, 0.1) is 22.0 Å². The molecule has 2 atom stereocenters. The summed E-state index contributed by atoms with van der Waals surface area (Å²) in [5.74, 6) is -4.19. The van der Waals surface area contributed by atoms with Crippen molar-refractivity contribution in [2.45, 2.75) is 59.0 Å². The lowest BCUT2D eigenvalue weighted by Gasteiger charge is -2.24. The predicted molar refractivity (Wildman–Crippen MR) is 168 cm³/mol. The van der Waals surface area contributed by atoms with Crippen LogP contribution >= 0.6 is 23.2 Å². The first kappa shape index (κ1) is 34.6. The normalized spacial score (nSPS) is 12.7. The number of fused-ring (bicyclic) bond motifs is 1. The molecule has 0 fully saturated rings. The molecule has 0 spiro atoms. The highest BCUT2D eigenvalue weighted by molar-refractivity contribution is 6.39. The van der Waals surface area contributed by atoms with Crippen molar-refractivity contribution in [1.82, 2.24) is 15.2 Å². The summed E-state index contributed by atoms with van der Waals surface area (Å²) in [6, 6.07) is 9.43. The summed E-state index contributed by atoms with van der Waals surface area (Å²) in [4.78, 5) is 64.3. The Morgan fingerprint density at radius 2 is 1.52 bits per heavy atom. The number of Topliss-reactive ketones (excluding diaryl/α,β-unsaturated/α-hetero) is 1. The Balaban J connectivity index is 1.82. The predicted octanol–water partition coefficient (Wildman–Crippen LogP) is 5.21. The molecule has 10 nitrogen and oxygen atoms in total. The molecule has 2 amide bonds. The summed E-state index contributed by atoms with van der Waals surface area (Å²) >= 11 is 12.1. The van der Waals surface area contributed by atoms with Gasteiger partial charge in [-0.1, -0.05) is 75.2 Å². The summed E-state index contributed by atoms with van der Waals surface area (Å²) < 4.78 is 6.85. The molecular weight excluding hydrogens is 609 g/mol. The maximum atomic E-state index is 13.7. The average Bonchev–Trinajstić information content (AvgIpc) is 3.21. The summed E-state index contributed by atoms with van der Waals surface area (Å²) in [5, 5.41) is 15.7. The van der Waals surface area contributed by atoms with Crippen LogP contribution < -0.4 is 10.6 Å². The molecule has 0 saturated carbocycles. The van der Waals surface area contributed by atoms with Gasteiger partial charge in [0.25, 0.3) is 5.91 Å². The Hall–Kier alpha value is -3.89. The lowest BCUT2D eigenvalue weighted by molar-refractivity contribution is -0.140. The van der Waals surface area contributed by atoms with E-state index >= 15 is 0 Å². The van der Waals surface area contributed by atoms with Crippen LogP contribution in [0.5, 0.6) is 0 Å². The highest BCUT2D eigenvalue weighted by atomic mass is 35.5. The molecule has 1 unspecified atom stereocenters. The maximum Gasteiger partial charge on any atom is 0.341 e. The second-order valence-electron chi connectivity index (χ2n) is 11.5. The number of benzene rings is 2. The first-order chi connectivity index (χ1) is 20.7. The molecule has 0 aliphatic rings. The fourth-order valence-corrected chi connectivity index (χ4v) is 5.55. The van der Waals surface area contributed by atoms with Crippen molar-refractivity contribution < 1.29 is 33.8 Å². The van der Waals surface area contributed by atoms with E-state index in [1.165, 1.54) is 18.2 Å². The minimum atomic E-state index is -1.53. The number of aryl methyl sites for hydroxylation is 1. The van der Waals surface area contributed by atoms with E-state index < -0.39 is 54.6 Å². The highest BCUT2D eigenvalue weighted by Crippen LogP contribution is 2.28. The number of amides is 2. The molecule has 0 aliphatic heterocycles. The fraction of sp³-hybridized carbons (Fsp3) is 0.406. The van der Waals surface area contributed by atoms with E-state index in [9.17, 15) is 29.1 Å². The van der Waals surface area contributed by atoms with Gasteiger partial charge in [-0.15, -0.1) is 0 Å². The van der Waals surface area contributed by atoms with Crippen molar-refractivity contribution in [1.29, 1.82) is 0 Å². The quantitative estimate of drug-likeness (QED) is 0.204. The van der Waals surface area contributed by atoms with Crippen molar-refractivity contribution in [3.63, 3.8) is 0 Å². The van der Waals surface area contributed by atoms with Crippen molar-refractivity contribution in [3.05, 3.63) is 69.3 Å². The number of ketones is 1. The number of carbonyl (C=O) groups excluding carboxylic acids is 4. The van der Waals surface area contributed by atoms with Crippen LogP contribution in [0.2, 0.25) is 10.0 Å². The number of halogens is 2. The number of para-hydroxylation sites is 1. The van der Waals surface area contributed by atoms with Gasteiger partial charge < -0.3 is 25.0 Å². The van der Waals surface area contributed by atoms with Gasteiger partial charge in [0.1, 0.15) is 17.8 Å². The number of nitrogens with one attached hydrogen (secondary N) is 2. The van der Waals surface area contributed by atoms with Gasteiger partial charge in [-0.2, -0.15) is 0 Å². The average molecular weight is 647 g/mol. The van der Waals surface area contributed by atoms with Crippen LogP contribution in [-0.4, -0.2) is 57.9 Å². The zero-order valence-corrected chi connectivity index (χ0v) is 26.8. The molecule has 3 aromatic rings. The highest BCUT2D eigenvalue weighted by Gasteiger charge is 2.31. The third-order valence-corrected chi connectivity index (χ3v) is 7.59. The molecule has 0 saturated heterocycles. The molecule has 1 heterocycles. The molecule has 3 rings (SSSR count). The van der Waals surface area contributed by atoms with Crippen molar-refractivity contribution in [2.75, 3.05) is 6.61 Å². The molecule has 236 valence electrons. The van der Waals surface area contributed by atoms with Crippen LogP contribution in [0.15, 0.2) is 42.5 Å². The standard InChI is InChI=1S/C32H37Cl2N3O7/c1-17(2)13-20-19-9-6-7-12-25(19)37(5)29(20)31(42)36-24(14-18(3)4)30(41)35-23(15-27(39)40)26(38)16-44-32(43)28-21(33)10-8-11-22(28)34/h6-12,17-18,23-24H,13-16H2,1-5H3,(H,35,41)(H,36,42)(H,39,40)/t23?,24-/m0/s1. The van der Waals surface area contributed by atoms with Crippen LogP contribution in [0.25, 0.3) is 10.9 Å². The number of carboxylic acids is 1. The Morgan fingerprint density at radius 1 is 0.886 bits per heavy atom. The van der Waals surface area contributed by atoms with Crippen LogP contribution in [0.4, 0.5) is 0 Å². The smallest absolute Gasteiger partial charge is 0.341 e. The Bertz CT molecular complexity index is 1540. The molecule has 44 heavy (non-hydrogen) atoms. The molecular formula is C32H37Cl2N3O7. The van der Waals surface area contributed by atoms with Crippen LogP contribution in [0.1, 0.15) is 66.9 Å². The van der Waals surface area contributed by atoms with E-state index in [1.54, 1.807) is 11.6 Å². The number of hydrogen-bond donors (Lipinski definition) is 3. The number of nitrogens with zero attached hydrogens (tertiary/aromatic N) is 1. The van der Waals surface area contributed by atoms with Crippen molar-refractivity contribution in [2.24, 2.45) is 18.9 Å². The largest absolute Gasteiger partial charge is 0.481 e. The second kappa shape index (κ2) is 15.2. The summed E-state index contributed by atoms with van der Waals surface area (Å²) in [7, 11) is 1.79. The molecule has 12 heteroatoms. The van der Waals surface area contributed by atoms with E-state index in [0.717, 1.165) is 16.5 Å². The SMILES string of the molecule is CC(C)Cc1c(C(=O)N[C@@H](CC(C)C)C(=O)NC(CC(=O)O)C(=O)COC(=O)c2c(Cl)cccc2Cl)n(C)c2ccccc12. The van der Waals surface area contributed by atoms with E-state index in [4.69, 9.17) is 27.9 Å². The Kier molecular flexibility index (Phi) is 12.0. The number of esters is 1. The van der Waals surface area contributed by atoms with Gasteiger partial charge in [0.15, 0.2) is 12.4 Å². The number of hydrogen-bond acceptors (Lipinski definition) is 6. The van der Waals surface area contributed by atoms with E-state index in [2.05, 4.69) is 24.5 Å². The van der Waals surface area contributed by atoms with Crippen LogP contribution in [-0.2, 0) is 32.6 Å². The summed E-state index contributed by atoms with van der Waals surface area (Å²) in [5.41, 5.74) is 2.01. The minimum Gasteiger partial charge on any atom is -0.481 e. The first-order valence-corrected chi connectivity index (χ1v) is 15.0. The summed E-state index contributed by atoms with van der Waals surface area (Å²) in [6.07, 6.45) is 0.0898. The Labute approximate surface area is 266 Å². The summed E-state index contributed by atoms with van der Waals surface area (Å²) in [6.45, 7) is 7.00. The van der Waals surface area contributed by atoms with Gasteiger partial charge in [0, 0.05) is 18.0 Å². The van der Waals surface area contributed by atoms with Gasteiger partial charge in [0.2, 0.25) is 5.91 Å². The fourth-order valence-electron chi connectivity index (χ4n) is 5.00. The van der Waals surface area contributed by atoms with Crippen molar-refractivity contribution >= 4 is 63.6 Å². The molecule has 0 bridgehead atoms. The number of rotatable bonds is 14. The number of carbonyl (C=O) groups is 5. The third-order valence-electron chi connectivity index (χ3n) is 6.96. The van der Waals surface area contributed by atoms with Gasteiger partial charge in [-0.25, -0.2) is 4.79 Å². The van der Waals surface area contributed by atoms with E-state index in [0.29, 0.717) is 12.1 Å². The number of aromatic nitrogens is 1. The molecule has 0 radical (unpaired) electrons. The molecule has 1 aromatic heterocycles. The zero-order valence-electron chi connectivity index (χ0n) is 25.3. The van der Waals surface area contributed by atoms with Gasteiger partial charge in [-0.3, -0.25) is 19.2 Å². The number of aliphatic carboxylic acids is 1. The monoisotopic (exact) mass is 645 g/mol. The van der Waals surface area contributed by atoms with E-state index in [1.807, 2.05) is 38.1 Å². The lowest BCUT2D eigenvalue weighted by atomic mass is 9.98. The van der Waals surface area contributed by atoms with E-state index in [-0.39, 0.29) is 33.9 Å². The molecule has 2 aromatic carbocycles. The second-order valence-corrected chi connectivity index (χ2v) is 12.3. The Morgan fingerprint density at radius 3 is 2.11 bits per heavy atom. The minimum absolute atomic E-state index is 0.0141. The van der Waals surface area contributed by atoms with Crippen LogP contribution in [0, 0.1) is 11.8 Å². The number of carboxylic acid groups (broad SMARTS) is 1. The maximum absolute atomic E-state index is 13.7. The van der Waals surface area contributed by atoms with Gasteiger partial charge >= 0.3 is 11.9 Å². The number of ether oxygens (including phenoxy) is 1. The first-order valence-electron chi connectivity index (χ1n) is 14.2. The zero-order chi connectivity index (χ0) is 32.7. The van der Waals surface area contributed by atoms with Crippen LogP contribution in [0.3, 0.4) is 0 Å². The van der Waals surface area contributed by atoms with Gasteiger partial charge in [-0.05, 0) is 48.4 Å². The van der Waals surface area contributed by atoms with Crippen molar-refractivity contribution in [3.8, 4) is 0 Å². The molecule has 3 N–H and O–H groups in total. The lowest BCUT2D eigenvalue weighted by Crippen LogP contribution is -2.53.